The van der Waals surface area contributed by atoms with E-state index >= 15 is 0 Å². The molecule has 81 heavy (non-hydrogen) atoms. The number of carbonyl (C=O) groups is 3. The number of Topliss-reactive ketones (excluding diaryl/α,β-unsaturated/α-hetero) is 3. The number of ether oxygens (including phenoxy) is 3. The van der Waals surface area contributed by atoms with Gasteiger partial charge < -0.3 is 14.2 Å². The molecule has 2 aliphatic carbocycles. The molecule has 428 valence electrons. The van der Waals surface area contributed by atoms with E-state index in [-0.39, 0.29) is 39.0 Å². The normalized spacial score (nSPS) is 21.7. The molecule has 2 fully saturated rings. The minimum atomic E-state index is -0.0790. The highest BCUT2D eigenvalue weighted by atomic mass is 16.5. The van der Waals surface area contributed by atoms with Gasteiger partial charge in [0.15, 0.2) is 17.3 Å². The Bertz CT molecular complexity index is 3140. The number of benzene rings is 6. The Morgan fingerprint density at radius 2 is 1.01 bits per heavy atom. The van der Waals surface area contributed by atoms with Gasteiger partial charge in [-0.15, -0.1) is 0 Å². The third-order valence-corrected chi connectivity index (χ3v) is 19.0. The summed E-state index contributed by atoms with van der Waals surface area (Å²) in [5, 5.41) is 2.59. The van der Waals surface area contributed by atoms with Gasteiger partial charge >= 0.3 is 0 Å². The lowest BCUT2D eigenvalue weighted by Crippen LogP contribution is -2.26. The van der Waals surface area contributed by atoms with Gasteiger partial charge in [0.05, 0.1) is 19.8 Å². The van der Waals surface area contributed by atoms with Gasteiger partial charge in [0.1, 0.15) is 17.2 Å². The summed E-state index contributed by atoms with van der Waals surface area (Å²) in [5.41, 5.74) is 8.81. The van der Waals surface area contributed by atoms with Crippen molar-refractivity contribution in [2.24, 2.45) is 23.2 Å². The van der Waals surface area contributed by atoms with Gasteiger partial charge in [-0.2, -0.15) is 0 Å². The molecule has 0 bridgehead atoms. The molecule has 0 spiro atoms. The first-order valence-corrected chi connectivity index (χ1v) is 31.0. The molecule has 0 N–H and O–H groups in total. The van der Waals surface area contributed by atoms with Gasteiger partial charge in [-0.3, -0.25) is 14.4 Å². The molecule has 0 radical (unpaired) electrons. The molecule has 6 nitrogen and oxygen atoms in total. The lowest BCUT2D eigenvalue weighted by molar-refractivity contribution is 0.0923. The van der Waals surface area contributed by atoms with E-state index < -0.39 is 0 Å². The molecule has 3 heterocycles. The van der Waals surface area contributed by atoms with Crippen LogP contribution in [-0.2, 0) is 29.1 Å². The highest BCUT2D eigenvalue weighted by Gasteiger charge is 2.39. The van der Waals surface area contributed by atoms with Crippen molar-refractivity contribution in [3.8, 4) is 17.2 Å². The highest BCUT2D eigenvalue weighted by molar-refractivity contribution is 5.98. The van der Waals surface area contributed by atoms with Crippen LogP contribution in [0, 0.1) is 23.2 Å². The molecule has 5 aliphatic rings. The molecule has 0 saturated heterocycles. The SMILES string of the molecule is CC1(Cc2cccc3ccccc23)COc2cc(C(=O)CC3CCCCC3)ccc21.CCC/C=C/CC1(C)COc2cc(C(=O)CC3CCCCC3)ccc21.C[C@@H](CC(=O)c1ccc2c(c1)OCC2(C)Cc1ccccc1)C(C)(C)C. The summed E-state index contributed by atoms with van der Waals surface area (Å²) in [4.78, 5) is 38.2. The molecular formula is C75H92O6. The van der Waals surface area contributed by atoms with Crippen LogP contribution in [0.4, 0.5) is 0 Å². The Morgan fingerprint density at radius 1 is 0.543 bits per heavy atom. The third-order valence-electron chi connectivity index (χ3n) is 19.0. The summed E-state index contributed by atoms with van der Waals surface area (Å²) >= 11 is 0. The van der Waals surface area contributed by atoms with Gasteiger partial charge in [-0.25, -0.2) is 0 Å². The standard InChI is InChI=1S/C28H30O2.C24H30O2.C23H32O2/c1-28(18-23-12-7-11-21-10-5-6-13-24(21)23)19-30-27-17-22(14-15-25(27)28)26(29)16-20-8-3-2-4-9-20;1-17(23(2,3)4)13-21(25)19-11-12-20-22(14-19)26-16-24(20,5)15-18-9-7-6-8-10-18;1-3-4-5-9-14-23(2)17-25-22-16-19(12-13-20(22)23)21(24)15-18-10-7-6-8-11-18/h5-7,10-15,17,20H,2-4,8-9,16,18-19H2,1H3;6-12,14,17H,13,15-16H2,1-5H3;5,9,12-13,16,18H,3-4,6-8,10-11,14-15,17H2,1-2H3/b;;9-5+/t;17-,24?;/m.0./s1. The fraction of sp³-hybridized carbons (Fsp3) is 0.480. The zero-order chi connectivity index (χ0) is 57.2. The third kappa shape index (κ3) is 14.7. The summed E-state index contributed by atoms with van der Waals surface area (Å²) in [6, 6.07) is 44.0. The molecule has 6 aromatic rings. The van der Waals surface area contributed by atoms with Crippen molar-refractivity contribution < 1.29 is 28.6 Å². The highest BCUT2D eigenvalue weighted by Crippen LogP contribution is 2.45. The predicted octanol–water partition coefficient (Wildman–Crippen LogP) is 19.0. The molecule has 3 unspecified atom stereocenters. The van der Waals surface area contributed by atoms with Crippen LogP contribution >= 0.6 is 0 Å². The van der Waals surface area contributed by atoms with Crippen molar-refractivity contribution in [3.63, 3.8) is 0 Å². The molecule has 0 amide bonds. The van der Waals surface area contributed by atoms with Gasteiger partial charge in [0.2, 0.25) is 0 Å². The van der Waals surface area contributed by atoms with E-state index in [2.05, 4.69) is 152 Å². The second-order valence-electron chi connectivity index (χ2n) is 26.8. The summed E-state index contributed by atoms with van der Waals surface area (Å²) in [6.45, 7) is 19.7. The van der Waals surface area contributed by atoms with Gasteiger partial charge in [-0.05, 0) is 89.0 Å². The molecule has 6 aromatic carbocycles. The molecule has 2 saturated carbocycles. The van der Waals surface area contributed by atoms with Crippen LogP contribution in [0.5, 0.6) is 17.2 Å². The zero-order valence-electron chi connectivity index (χ0n) is 50.3. The van der Waals surface area contributed by atoms with Crippen LogP contribution in [0.3, 0.4) is 0 Å². The smallest absolute Gasteiger partial charge is 0.163 e. The number of allylic oxidation sites excluding steroid dienone is 2. The second-order valence-corrected chi connectivity index (χ2v) is 26.8. The van der Waals surface area contributed by atoms with E-state index in [1.807, 2.05) is 42.5 Å². The molecule has 3 aliphatic heterocycles. The maximum Gasteiger partial charge on any atom is 0.163 e. The number of ketones is 3. The van der Waals surface area contributed by atoms with Crippen LogP contribution in [0.15, 0.2) is 140 Å². The Labute approximate surface area is 485 Å². The van der Waals surface area contributed by atoms with Gasteiger partial charge in [0.25, 0.3) is 0 Å². The van der Waals surface area contributed by atoms with Crippen molar-refractivity contribution >= 4 is 28.1 Å². The second kappa shape index (κ2) is 26.3. The fourth-order valence-corrected chi connectivity index (χ4v) is 13.1. The zero-order valence-corrected chi connectivity index (χ0v) is 50.3. The first kappa shape index (κ1) is 59.4. The van der Waals surface area contributed by atoms with Crippen molar-refractivity contribution in [2.75, 3.05) is 19.8 Å². The summed E-state index contributed by atoms with van der Waals surface area (Å²) in [6.07, 6.45) is 24.3. The number of hydrogen-bond donors (Lipinski definition) is 0. The Morgan fingerprint density at radius 3 is 1.54 bits per heavy atom. The van der Waals surface area contributed by atoms with Crippen LogP contribution in [-0.4, -0.2) is 37.2 Å². The van der Waals surface area contributed by atoms with Crippen LogP contribution in [0.25, 0.3) is 10.8 Å². The molecule has 4 atom stereocenters. The number of rotatable bonds is 17. The van der Waals surface area contributed by atoms with E-state index in [1.54, 1.807) is 0 Å². The van der Waals surface area contributed by atoms with Crippen molar-refractivity contribution in [1.29, 1.82) is 0 Å². The maximum atomic E-state index is 12.9. The number of carbonyl (C=O) groups excluding carboxylic acids is 3. The quantitative estimate of drug-likeness (QED) is 0.0669. The Kier molecular flexibility index (Phi) is 19.3. The first-order chi connectivity index (χ1) is 38.9. The molecule has 11 rings (SSSR count). The van der Waals surface area contributed by atoms with E-state index in [9.17, 15) is 14.4 Å². The van der Waals surface area contributed by atoms with Crippen molar-refractivity contribution in [1.82, 2.24) is 0 Å². The van der Waals surface area contributed by atoms with E-state index in [0.29, 0.717) is 56.8 Å². The number of unbranched alkanes of at least 4 members (excludes halogenated alkanes) is 1. The summed E-state index contributed by atoms with van der Waals surface area (Å²) in [7, 11) is 0. The number of hydrogen-bond acceptors (Lipinski definition) is 6. The topological polar surface area (TPSA) is 78.9 Å². The van der Waals surface area contributed by atoms with Gasteiger partial charge in [-0.1, -0.05) is 247 Å². The Hall–Kier alpha value is -6.27. The van der Waals surface area contributed by atoms with Gasteiger partial charge in [0, 0.05) is 68.9 Å². The Balaban J connectivity index is 0.000000148. The first-order valence-electron chi connectivity index (χ1n) is 31.0. The minimum Gasteiger partial charge on any atom is -0.492 e. The number of fused-ring (bicyclic) bond motifs is 4. The molecule has 6 heteroatoms. The van der Waals surface area contributed by atoms with Crippen LogP contribution < -0.4 is 14.2 Å². The maximum absolute atomic E-state index is 12.9. The van der Waals surface area contributed by atoms with Crippen molar-refractivity contribution in [3.05, 3.63) is 184 Å². The van der Waals surface area contributed by atoms with E-state index in [4.69, 9.17) is 14.2 Å². The van der Waals surface area contributed by atoms with Crippen molar-refractivity contribution in [2.45, 2.75) is 187 Å². The fourth-order valence-electron chi connectivity index (χ4n) is 13.1. The lowest BCUT2D eigenvalue weighted by Gasteiger charge is -2.26. The van der Waals surface area contributed by atoms with Crippen LogP contribution in [0.2, 0.25) is 0 Å². The van der Waals surface area contributed by atoms with E-state index in [0.717, 1.165) is 59.6 Å². The molecular weight excluding hydrogens is 997 g/mol. The average molecular weight is 1090 g/mol. The average Bonchev–Trinajstić information content (AvgIpc) is 4.13. The predicted molar refractivity (Wildman–Crippen MR) is 333 cm³/mol. The van der Waals surface area contributed by atoms with E-state index in [1.165, 1.54) is 109 Å². The van der Waals surface area contributed by atoms with Crippen LogP contribution in [0.1, 0.15) is 217 Å². The summed E-state index contributed by atoms with van der Waals surface area (Å²) < 4.78 is 18.1. The molecule has 0 aromatic heterocycles. The largest absolute Gasteiger partial charge is 0.492 e. The lowest BCUT2D eigenvalue weighted by atomic mass is 9.77. The minimum absolute atomic E-state index is 0.0323. The summed E-state index contributed by atoms with van der Waals surface area (Å²) in [5.74, 6) is 4.95. The monoisotopic (exact) mass is 1090 g/mol.